The highest BCUT2D eigenvalue weighted by Crippen LogP contribution is 2.31. The van der Waals surface area contributed by atoms with E-state index in [9.17, 15) is 31.1 Å². The van der Waals surface area contributed by atoms with E-state index in [1.165, 1.54) is 0 Å². The lowest BCUT2D eigenvalue weighted by Gasteiger charge is -2.38. The van der Waals surface area contributed by atoms with E-state index in [1.807, 2.05) is 0 Å². The number of piperidine rings is 1. The second-order valence-corrected chi connectivity index (χ2v) is 6.79. The van der Waals surface area contributed by atoms with Crippen molar-refractivity contribution >= 4 is 17.5 Å². The molecule has 13 heteroatoms. The number of nitrogens with one attached hydrogen (secondary N) is 1. The number of hydrogen-bond acceptors (Lipinski definition) is 6. The highest BCUT2D eigenvalue weighted by molar-refractivity contribution is 5.93. The molecule has 7 nitrogen and oxygen atoms in total. The molecule has 1 aliphatic heterocycles. The minimum Gasteiger partial charge on any atom is -0.406 e. The molecule has 31 heavy (non-hydrogen) atoms. The van der Waals surface area contributed by atoms with Crippen LogP contribution >= 0.6 is 0 Å². The van der Waals surface area contributed by atoms with Crippen molar-refractivity contribution in [3.8, 4) is 5.75 Å². The Morgan fingerprint density at radius 2 is 2.03 bits per heavy atom. The number of likely N-dealkylation sites (tertiary alicyclic amines) is 1. The van der Waals surface area contributed by atoms with Crippen molar-refractivity contribution in [2.45, 2.75) is 31.2 Å². The number of carbonyl (C=O) groups excluding carboxylic acids is 1. The third-order valence-electron chi connectivity index (χ3n) is 4.49. The Morgan fingerprint density at radius 3 is 2.71 bits per heavy atom. The van der Waals surface area contributed by atoms with Gasteiger partial charge in [0.25, 0.3) is 11.8 Å². The number of pyridine rings is 2. The number of anilines is 2. The molecule has 1 amide bonds. The van der Waals surface area contributed by atoms with E-state index >= 15 is 0 Å². The third kappa shape index (κ3) is 5.75. The van der Waals surface area contributed by atoms with Gasteiger partial charge in [-0.25, -0.2) is 23.1 Å². The summed E-state index contributed by atoms with van der Waals surface area (Å²) in [6.45, 7) is -1.01. The van der Waals surface area contributed by atoms with Crippen LogP contribution in [0.2, 0.25) is 0 Å². The van der Waals surface area contributed by atoms with Crippen molar-refractivity contribution < 1.29 is 35.9 Å². The molecule has 0 radical (unpaired) electrons. The second kappa shape index (κ2) is 8.57. The maximum atomic E-state index is 14.3. The van der Waals surface area contributed by atoms with E-state index in [0.29, 0.717) is 0 Å². The first-order valence-electron chi connectivity index (χ1n) is 9.02. The zero-order valence-electron chi connectivity index (χ0n) is 15.8. The van der Waals surface area contributed by atoms with E-state index in [1.54, 1.807) is 0 Å². The quantitative estimate of drug-likeness (QED) is 0.680. The maximum absolute atomic E-state index is 14.3. The molecular formula is C18H17F6N5O2. The van der Waals surface area contributed by atoms with Gasteiger partial charge >= 0.3 is 6.36 Å². The van der Waals surface area contributed by atoms with Gasteiger partial charge in [-0.15, -0.1) is 13.2 Å². The molecule has 0 bridgehead atoms. The van der Waals surface area contributed by atoms with E-state index < -0.39 is 54.5 Å². The van der Waals surface area contributed by atoms with Crippen molar-refractivity contribution in [1.82, 2.24) is 14.9 Å². The first kappa shape index (κ1) is 22.6. The van der Waals surface area contributed by atoms with Crippen LogP contribution in [0.15, 0.2) is 30.5 Å². The Hall–Kier alpha value is -3.09. The molecule has 1 unspecified atom stereocenters. The van der Waals surface area contributed by atoms with E-state index in [-0.39, 0.29) is 24.6 Å². The van der Waals surface area contributed by atoms with Crippen LogP contribution in [0.3, 0.4) is 0 Å². The number of nitrogens with two attached hydrogens (primary N) is 1. The smallest absolute Gasteiger partial charge is 0.406 e. The Balaban J connectivity index is 1.83. The van der Waals surface area contributed by atoms with E-state index in [4.69, 9.17) is 5.73 Å². The van der Waals surface area contributed by atoms with Crippen LogP contribution in [0.4, 0.5) is 38.0 Å². The lowest BCUT2D eigenvalue weighted by molar-refractivity contribution is -0.274. The summed E-state index contributed by atoms with van der Waals surface area (Å²) < 4.78 is 82.7. The normalized spacial score (nSPS) is 18.5. The summed E-state index contributed by atoms with van der Waals surface area (Å²) in [5, 5.41) is 2.52. The van der Waals surface area contributed by atoms with E-state index in [2.05, 4.69) is 20.0 Å². The standard InChI is InChI=1S/C18H17F6N5O2/c19-12-1-2-13(27-14-7-11(4-6-26-14)31-18(22,23)24)28-15(12)16(30)29-9-17(20,21)5-3-10(29)8-25/h1-2,4,6-7,10H,3,5,8-9,25H2,(H,26,27,28). The predicted molar refractivity (Wildman–Crippen MR) is 96.5 cm³/mol. The first-order valence-corrected chi connectivity index (χ1v) is 9.02. The molecule has 0 aromatic carbocycles. The van der Waals surface area contributed by atoms with Gasteiger partial charge < -0.3 is 20.7 Å². The lowest BCUT2D eigenvalue weighted by atomic mass is 9.98. The van der Waals surface area contributed by atoms with Crippen LogP contribution in [-0.2, 0) is 0 Å². The summed E-state index contributed by atoms with van der Waals surface area (Å²) >= 11 is 0. The van der Waals surface area contributed by atoms with Gasteiger partial charge in [0, 0.05) is 31.3 Å². The van der Waals surface area contributed by atoms with Crippen LogP contribution in [0.25, 0.3) is 0 Å². The number of ether oxygens (including phenoxy) is 1. The second-order valence-electron chi connectivity index (χ2n) is 6.79. The summed E-state index contributed by atoms with van der Waals surface area (Å²) in [6, 6.07) is 3.15. The number of carbonyl (C=O) groups is 1. The summed E-state index contributed by atoms with van der Waals surface area (Å²) in [4.78, 5) is 21.1. The first-order chi connectivity index (χ1) is 14.5. The van der Waals surface area contributed by atoms with Gasteiger partial charge in [0.2, 0.25) is 0 Å². The lowest BCUT2D eigenvalue weighted by Crippen LogP contribution is -2.54. The van der Waals surface area contributed by atoms with Crippen molar-refractivity contribution in [3.05, 3.63) is 42.0 Å². The monoisotopic (exact) mass is 449 g/mol. The topological polar surface area (TPSA) is 93.4 Å². The van der Waals surface area contributed by atoms with Gasteiger partial charge in [-0.1, -0.05) is 0 Å². The van der Waals surface area contributed by atoms with Gasteiger partial charge in [-0.3, -0.25) is 4.79 Å². The van der Waals surface area contributed by atoms with Gasteiger partial charge in [0.15, 0.2) is 11.5 Å². The van der Waals surface area contributed by atoms with Crippen LogP contribution in [0.5, 0.6) is 5.75 Å². The molecule has 1 aliphatic rings. The minimum absolute atomic E-state index is 0.0509. The molecule has 168 valence electrons. The summed E-state index contributed by atoms with van der Waals surface area (Å²) in [7, 11) is 0. The van der Waals surface area contributed by atoms with E-state index in [0.717, 1.165) is 35.4 Å². The fourth-order valence-electron chi connectivity index (χ4n) is 3.08. The average Bonchev–Trinajstić information content (AvgIpc) is 2.67. The molecule has 1 fully saturated rings. The molecule has 3 N–H and O–H groups in total. The molecule has 1 atom stereocenters. The number of nitrogens with zero attached hydrogens (tertiary/aromatic N) is 3. The zero-order valence-corrected chi connectivity index (χ0v) is 15.8. The Labute approximate surface area is 172 Å². The molecule has 2 aromatic heterocycles. The molecule has 0 saturated carbocycles. The summed E-state index contributed by atoms with van der Waals surface area (Å²) in [6.07, 6.45) is -4.38. The van der Waals surface area contributed by atoms with Crippen molar-refractivity contribution in [3.63, 3.8) is 0 Å². The number of aromatic nitrogens is 2. The van der Waals surface area contributed by atoms with Crippen LogP contribution in [0, 0.1) is 5.82 Å². The summed E-state index contributed by atoms with van der Waals surface area (Å²) in [5.74, 6) is -6.11. The number of alkyl halides is 5. The Kier molecular flexibility index (Phi) is 6.25. The van der Waals surface area contributed by atoms with Crippen LogP contribution in [0.1, 0.15) is 23.3 Å². The fourth-order valence-corrected chi connectivity index (χ4v) is 3.08. The molecule has 1 saturated heterocycles. The van der Waals surface area contributed by atoms with Crippen LogP contribution in [-0.4, -0.2) is 52.2 Å². The largest absolute Gasteiger partial charge is 0.573 e. The summed E-state index contributed by atoms with van der Waals surface area (Å²) in [5.41, 5.74) is 4.83. The molecule has 3 heterocycles. The Bertz CT molecular complexity index is 955. The highest BCUT2D eigenvalue weighted by atomic mass is 19.4. The molecule has 0 spiro atoms. The van der Waals surface area contributed by atoms with Gasteiger partial charge in [0.05, 0.1) is 6.54 Å². The predicted octanol–water partition coefficient (Wildman–Crippen LogP) is 3.46. The van der Waals surface area contributed by atoms with Crippen LogP contribution < -0.4 is 15.8 Å². The van der Waals surface area contributed by atoms with Gasteiger partial charge in [-0.05, 0) is 24.6 Å². The molecule has 3 rings (SSSR count). The van der Waals surface area contributed by atoms with Gasteiger partial charge in [-0.2, -0.15) is 0 Å². The zero-order chi connectivity index (χ0) is 22.8. The molecule has 0 aliphatic carbocycles. The van der Waals surface area contributed by atoms with Crippen molar-refractivity contribution in [2.24, 2.45) is 5.73 Å². The minimum atomic E-state index is -4.91. The number of rotatable bonds is 5. The SMILES string of the molecule is NCC1CCC(F)(F)CN1C(=O)c1nc(Nc2cc(OC(F)(F)F)ccn2)ccc1F. The van der Waals surface area contributed by atoms with Crippen molar-refractivity contribution in [2.75, 3.05) is 18.4 Å². The fraction of sp³-hybridized carbons (Fsp3) is 0.389. The number of hydrogen-bond donors (Lipinski definition) is 2. The highest BCUT2D eigenvalue weighted by Gasteiger charge is 2.42. The van der Waals surface area contributed by atoms with Crippen molar-refractivity contribution in [1.29, 1.82) is 0 Å². The average molecular weight is 449 g/mol. The Morgan fingerprint density at radius 1 is 1.29 bits per heavy atom. The third-order valence-corrected chi connectivity index (χ3v) is 4.49. The molecule has 2 aromatic rings. The van der Waals surface area contributed by atoms with Gasteiger partial charge in [0.1, 0.15) is 17.4 Å². The number of amides is 1. The maximum Gasteiger partial charge on any atom is 0.573 e. The molecular weight excluding hydrogens is 432 g/mol. The number of halogens is 6.